The minimum atomic E-state index is -0.728. The fourth-order valence-electron chi connectivity index (χ4n) is 4.39. The van der Waals surface area contributed by atoms with Gasteiger partial charge in [0.15, 0.2) is 0 Å². The lowest BCUT2D eigenvalue weighted by Crippen LogP contribution is -2.62. The van der Waals surface area contributed by atoms with E-state index in [-0.39, 0.29) is 17.9 Å². The topological polar surface area (TPSA) is 49.4 Å². The number of hydrogen-bond acceptors (Lipinski definition) is 2. The highest BCUT2D eigenvalue weighted by Gasteiger charge is 2.47. The number of anilines is 1. The number of benzene rings is 1. The molecule has 24 heavy (non-hydrogen) atoms. The summed E-state index contributed by atoms with van der Waals surface area (Å²) in [6, 6.07) is 9.93. The Labute approximate surface area is 144 Å². The van der Waals surface area contributed by atoms with E-state index in [9.17, 15) is 9.59 Å². The predicted molar refractivity (Wildman–Crippen MR) is 95.8 cm³/mol. The van der Waals surface area contributed by atoms with Gasteiger partial charge in [-0.05, 0) is 37.8 Å². The van der Waals surface area contributed by atoms with Crippen LogP contribution in [-0.2, 0) is 9.59 Å². The molecule has 1 aromatic rings. The molecule has 0 aromatic heterocycles. The zero-order valence-corrected chi connectivity index (χ0v) is 14.6. The van der Waals surface area contributed by atoms with E-state index in [1.165, 1.54) is 12.8 Å². The summed E-state index contributed by atoms with van der Waals surface area (Å²) in [5, 5.41) is 3.26. The molecule has 2 fully saturated rings. The first kappa shape index (κ1) is 17.0. The molecule has 0 atom stereocenters. The van der Waals surface area contributed by atoms with Gasteiger partial charge in [-0.3, -0.25) is 14.5 Å². The summed E-state index contributed by atoms with van der Waals surface area (Å²) in [6.07, 6.45) is 9.13. The second-order valence-electron chi connectivity index (χ2n) is 7.24. The van der Waals surface area contributed by atoms with Crippen LogP contribution in [0.4, 0.5) is 5.69 Å². The van der Waals surface area contributed by atoms with Crippen molar-refractivity contribution in [3.8, 4) is 0 Å². The summed E-state index contributed by atoms with van der Waals surface area (Å²) in [5.74, 6) is -0.00201. The lowest BCUT2D eigenvalue weighted by Gasteiger charge is -2.45. The molecule has 4 heteroatoms. The van der Waals surface area contributed by atoms with E-state index in [2.05, 4.69) is 5.32 Å². The predicted octanol–water partition coefficient (Wildman–Crippen LogP) is 3.80. The minimum absolute atomic E-state index is 0.0492. The van der Waals surface area contributed by atoms with Gasteiger partial charge >= 0.3 is 0 Å². The van der Waals surface area contributed by atoms with Crippen LogP contribution in [0.25, 0.3) is 0 Å². The summed E-state index contributed by atoms with van der Waals surface area (Å²) in [7, 11) is 0. The van der Waals surface area contributed by atoms with E-state index in [1.54, 1.807) is 11.8 Å². The number of nitrogens with zero attached hydrogens (tertiary/aromatic N) is 1. The molecule has 0 heterocycles. The maximum Gasteiger partial charge on any atom is 0.246 e. The lowest BCUT2D eigenvalue weighted by molar-refractivity contribution is -0.131. The molecule has 0 bridgehead atoms. The van der Waals surface area contributed by atoms with E-state index >= 15 is 0 Å². The standard InChI is InChI=1S/C20H28N2O2/c1-16(23)22(18-12-4-2-5-13-18)20(14-8-3-9-15-20)19(24)21-17-10-6-7-11-17/h2,4-5,12-13,17H,3,6-11,14-15H2,1H3,(H,21,24). The molecule has 0 aliphatic heterocycles. The number of nitrogens with one attached hydrogen (secondary N) is 1. The van der Waals surface area contributed by atoms with Crippen LogP contribution in [-0.4, -0.2) is 23.4 Å². The largest absolute Gasteiger partial charge is 0.351 e. The number of rotatable bonds is 4. The molecule has 1 N–H and O–H groups in total. The van der Waals surface area contributed by atoms with Crippen molar-refractivity contribution in [1.82, 2.24) is 5.32 Å². The van der Waals surface area contributed by atoms with Gasteiger partial charge in [-0.2, -0.15) is 0 Å². The molecule has 0 saturated heterocycles. The summed E-state index contributed by atoms with van der Waals surface area (Å²) in [4.78, 5) is 27.6. The van der Waals surface area contributed by atoms with Crippen LogP contribution in [0.2, 0.25) is 0 Å². The molecular formula is C20H28N2O2. The molecule has 2 amide bonds. The number of carbonyl (C=O) groups excluding carboxylic acids is 2. The van der Waals surface area contributed by atoms with Gasteiger partial charge < -0.3 is 5.32 Å². The van der Waals surface area contributed by atoms with Crippen LogP contribution in [0.3, 0.4) is 0 Å². The van der Waals surface area contributed by atoms with Crippen LogP contribution in [0.15, 0.2) is 30.3 Å². The van der Waals surface area contributed by atoms with Gasteiger partial charge in [-0.1, -0.05) is 50.3 Å². The van der Waals surface area contributed by atoms with Crippen molar-refractivity contribution in [1.29, 1.82) is 0 Å². The highest BCUT2D eigenvalue weighted by molar-refractivity contribution is 6.02. The van der Waals surface area contributed by atoms with Crippen molar-refractivity contribution in [2.24, 2.45) is 0 Å². The summed E-state index contributed by atoms with van der Waals surface area (Å²) in [5.41, 5.74) is 0.0991. The highest BCUT2D eigenvalue weighted by atomic mass is 16.2. The van der Waals surface area contributed by atoms with Crippen molar-refractivity contribution < 1.29 is 9.59 Å². The lowest BCUT2D eigenvalue weighted by atomic mass is 9.78. The highest BCUT2D eigenvalue weighted by Crippen LogP contribution is 2.38. The van der Waals surface area contributed by atoms with Crippen molar-refractivity contribution in [2.45, 2.75) is 76.3 Å². The molecule has 4 nitrogen and oxygen atoms in total. The summed E-state index contributed by atoms with van der Waals surface area (Å²) >= 11 is 0. The Hall–Kier alpha value is -1.84. The molecule has 2 aliphatic rings. The van der Waals surface area contributed by atoms with Crippen molar-refractivity contribution in [3.63, 3.8) is 0 Å². The number of amides is 2. The van der Waals surface area contributed by atoms with Crippen LogP contribution >= 0.6 is 0 Å². The first-order valence-electron chi connectivity index (χ1n) is 9.30. The van der Waals surface area contributed by atoms with Crippen molar-refractivity contribution in [2.75, 3.05) is 4.90 Å². The second-order valence-corrected chi connectivity index (χ2v) is 7.24. The molecule has 130 valence electrons. The molecule has 3 rings (SSSR count). The zero-order valence-electron chi connectivity index (χ0n) is 14.6. The average molecular weight is 328 g/mol. The second kappa shape index (κ2) is 7.37. The summed E-state index contributed by atoms with van der Waals surface area (Å²) in [6.45, 7) is 1.58. The number of para-hydroxylation sites is 1. The molecule has 2 saturated carbocycles. The van der Waals surface area contributed by atoms with Crippen LogP contribution in [0.1, 0.15) is 64.7 Å². The Balaban J connectivity index is 1.93. The van der Waals surface area contributed by atoms with Gasteiger partial charge in [0.25, 0.3) is 0 Å². The number of carbonyl (C=O) groups is 2. The first-order valence-corrected chi connectivity index (χ1v) is 9.30. The third kappa shape index (κ3) is 3.33. The van der Waals surface area contributed by atoms with Gasteiger partial charge in [0.1, 0.15) is 5.54 Å². The van der Waals surface area contributed by atoms with E-state index in [0.717, 1.165) is 50.6 Å². The maximum absolute atomic E-state index is 13.3. The molecular weight excluding hydrogens is 300 g/mol. The third-order valence-electron chi connectivity index (χ3n) is 5.55. The maximum atomic E-state index is 13.3. The SMILES string of the molecule is CC(=O)N(c1ccccc1)C1(C(=O)NC2CCCC2)CCCCC1. The quantitative estimate of drug-likeness (QED) is 0.914. The van der Waals surface area contributed by atoms with Crippen molar-refractivity contribution >= 4 is 17.5 Å². The fourth-order valence-corrected chi connectivity index (χ4v) is 4.39. The van der Waals surface area contributed by atoms with Crippen molar-refractivity contribution in [3.05, 3.63) is 30.3 Å². The van der Waals surface area contributed by atoms with Crippen LogP contribution in [0.5, 0.6) is 0 Å². The molecule has 0 spiro atoms. The van der Waals surface area contributed by atoms with Gasteiger partial charge in [0, 0.05) is 18.7 Å². The fraction of sp³-hybridized carbons (Fsp3) is 0.600. The Morgan fingerprint density at radius 2 is 1.62 bits per heavy atom. The van der Waals surface area contributed by atoms with Crippen LogP contribution < -0.4 is 10.2 Å². The number of hydrogen-bond donors (Lipinski definition) is 1. The minimum Gasteiger partial charge on any atom is -0.351 e. The van der Waals surface area contributed by atoms with E-state index in [1.807, 2.05) is 30.3 Å². The van der Waals surface area contributed by atoms with Gasteiger partial charge in [-0.15, -0.1) is 0 Å². The smallest absolute Gasteiger partial charge is 0.246 e. The van der Waals surface area contributed by atoms with E-state index < -0.39 is 5.54 Å². The Kier molecular flexibility index (Phi) is 5.22. The normalized spacial score (nSPS) is 20.5. The Morgan fingerprint density at radius 1 is 1.00 bits per heavy atom. The van der Waals surface area contributed by atoms with Gasteiger partial charge in [0.2, 0.25) is 11.8 Å². The third-order valence-corrected chi connectivity index (χ3v) is 5.55. The van der Waals surface area contributed by atoms with E-state index in [0.29, 0.717) is 0 Å². The van der Waals surface area contributed by atoms with Gasteiger partial charge in [0.05, 0.1) is 0 Å². The molecule has 0 unspecified atom stereocenters. The Morgan fingerprint density at radius 3 is 2.21 bits per heavy atom. The summed E-state index contributed by atoms with van der Waals surface area (Å²) < 4.78 is 0. The van der Waals surface area contributed by atoms with Gasteiger partial charge in [-0.25, -0.2) is 0 Å². The monoisotopic (exact) mass is 328 g/mol. The van der Waals surface area contributed by atoms with E-state index in [4.69, 9.17) is 0 Å². The van der Waals surface area contributed by atoms with Crippen LogP contribution in [0, 0.1) is 0 Å². The molecule has 1 aromatic carbocycles. The Bertz CT molecular complexity index is 573. The first-order chi connectivity index (χ1) is 11.6. The molecule has 2 aliphatic carbocycles. The molecule has 0 radical (unpaired) electrons. The average Bonchev–Trinajstić information content (AvgIpc) is 3.09. The zero-order chi connectivity index (χ0) is 17.0.